The number of rotatable bonds is 2. The highest BCUT2D eigenvalue weighted by Gasteiger charge is 2.60. The summed E-state index contributed by atoms with van der Waals surface area (Å²) in [4.78, 5) is 17.3. The van der Waals surface area contributed by atoms with E-state index in [0.717, 1.165) is 0 Å². The Hall–Kier alpha value is -1.72. The Morgan fingerprint density at radius 1 is 1.47 bits per heavy atom. The van der Waals surface area contributed by atoms with Crippen molar-refractivity contribution in [2.75, 3.05) is 12.3 Å². The summed E-state index contributed by atoms with van der Waals surface area (Å²) in [5, 5.41) is 18.0. The van der Waals surface area contributed by atoms with E-state index in [0.29, 0.717) is 0 Å². The fourth-order valence-electron chi connectivity index (χ4n) is 1.70. The molecule has 0 bridgehead atoms. The molecule has 0 aliphatic carbocycles. The normalized spacial score (nSPS) is 29.6. The molecule has 0 saturated carbocycles. The fraction of sp³-hybridized carbons (Fsp3) is 0.625. The van der Waals surface area contributed by atoms with Crippen LogP contribution in [0, 0.1) is 6.08 Å². The number of aliphatic hydroxyl groups is 2. The summed E-state index contributed by atoms with van der Waals surface area (Å²) in [6, 6.07) is 0. The number of hydrogen-bond acceptors (Lipinski definition) is 7. The Morgan fingerprint density at radius 3 is 2.58 bits per heavy atom. The third-order valence-corrected chi connectivity index (χ3v) is 2.62. The Bertz CT molecular complexity index is 551. The van der Waals surface area contributed by atoms with E-state index in [9.17, 15) is 23.1 Å². The number of alkyl halides is 2. The zero-order valence-corrected chi connectivity index (χ0v) is 9.20. The van der Waals surface area contributed by atoms with Crippen LogP contribution in [0.5, 0.6) is 0 Å². The molecule has 8 nitrogen and oxygen atoms in total. The second kappa shape index (κ2) is 4.43. The van der Waals surface area contributed by atoms with Crippen LogP contribution in [-0.4, -0.2) is 49.5 Å². The third kappa shape index (κ3) is 2.05. The van der Waals surface area contributed by atoms with Gasteiger partial charge >= 0.3 is 11.6 Å². The largest absolute Gasteiger partial charge is 0.394 e. The van der Waals surface area contributed by atoms with Gasteiger partial charge in [0.25, 0.3) is 6.08 Å². The Morgan fingerprint density at radius 2 is 2.11 bits per heavy atom. The smallest absolute Gasteiger partial charge is 0.356 e. The molecule has 4 N–H and O–H groups in total. The molecule has 1 aliphatic rings. The van der Waals surface area contributed by atoms with Crippen LogP contribution in [-0.2, 0) is 4.74 Å². The van der Waals surface area contributed by atoms with Crippen LogP contribution in [0.1, 0.15) is 6.23 Å². The van der Waals surface area contributed by atoms with Gasteiger partial charge in [-0.05, 0) is 0 Å². The first-order valence-corrected chi connectivity index (χ1v) is 5.02. The molecule has 106 valence electrons. The van der Waals surface area contributed by atoms with E-state index < -0.39 is 48.7 Å². The number of ether oxygens (including phenoxy) is 1. The van der Waals surface area contributed by atoms with Crippen LogP contribution < -0.4 is 11.4 Å². The lowest BCUT2D eigenvalue weighted by atomic mass is 10.1. The molecule has 1 saturated heterocycles. The van der Waals surface area contributed by atoms with Gasteiger partial charge in [0.1, 0.15) is 6.10 Å². The topological polar surface area (TPSA) is 123 Å². The standard InChI is InChI=1S/C8H9F3N4O4/c9-5-13-6(12)14-7(18)15(5)4-8(10,11)3(17)2(1-16)19-4/h2-4,16-17H,1H2,(H2,12,14,18)/t2-,3?,4-/m1/s1. The monoisotopic (exact) mass is 282 g/mol. The quantitative estimate of drug-likeness (QED) is 0.587. The minimum absolute atomic E-state index is 0.171. The van der Waals surface area contributed by atoms with E-state index in [1.165, 1.54) is 0 Å². The number of hydrogen-bond donors (Lipinski definition) is 3. The third-order valence-electron chi connectivity index (χ3n) is 2.62. The molecule has 2 heterocycles. The van der Waals surface area contributed by atoms with Crippen molar-refractivity contribution in [3.05, 3.63) is 16.6 Å². The molecular formula is C8H9F3N4O4. The molecule has 19 heavy (non-hydrogen) atoms. The maximum atomic E-state index is 13.7. The van der Waals surface area contributed by atoms with Crippen molar-refractivity contribution >= 4 is 5.95 Å². The van der Waals surface area contributed by atoms with E-state index in [1.54, 1.807) is 0 Å². The van der Waals surface area contributed by atoms with Crippen LogP contribution >= 0.6 is 0 Å². The Balaban J connectivity index is 2.51. The summed E-state index contributed by atoms with van der Waals surface area (Å²) in [6.45, 7) is -0.931. The summed E-state index contributed by atoms with van der Waals surface area (Å²) < 4.78 is 45.2. The summed E-state index contributed by atoms with van der Waals surface area (Å²) in [6.07, 6.45) is -8.16. The molecule has 0 spiro atoms. The van der Waals surface area contributed by atoms with Gasteiger partial charge in [0.05, 0.1) is 6.61 Å². The second-order valence-electron chi connectivity index (χ2n) is 3.83. The van der Waals surface area contributed by atoms with Gasteiger partial charge in [-0.25, -0.2) is 9.36 Å². The zero-order chi connectivity index (χ0) is 14.4. The maximum absolute atomic E-state index is 13.7. The number of aromatic nitrogens is 3. The summed E-state index contributed by atoms with van der Waals surface area (Å²) in [7, 11) is 0. The van der Waals surface area contributed by atoms with Crippen molar-refractivity contribution in [3.63, 3.8) is 0 Å². The molecule has 0 radical (unpaired) electrons. The molecule has 1 aromatic heterocycles. The average Bonchev–Trinajstić information content (AvgIpc) is 2.51. The molecular weight excluding hydrogens is 273 g/mol. The fourth-order valence-corrected chi connectivity index (χ4v) is 1.70. The van der Waals surface area contributed by atoms with Crippen molar-refractivity contribution in [2.45, 2.75) is 24.4 Å². The summed E-state index contributed by atoms with van der Waals surface area (Å²) in [5.41, 5.74) is 3.54. The number of anilines is 1. The number of nitrogens with zero attached hydrogens (tertiary/aromatic N) is 3. The predicted octanol–water partition coefficient (Wildman–Crippen LogP) is -1.75. The molecule has 2 rings (SSSR count). The Kier molecular flexibility index (Phi) is 3.20. The summed E-state index contributed by atoms with van der Waals surface area (Å²) >= 11 is 0. The van der Waals surface area contributed by atoms with Crippen LogP contribution in [0.3, 0.4) is 0 Å². The van der Waals surface area contributed by atoms with Gasteiger partial charge in [-0.1, -0.05) is 0 Å². The van der Waals surface area contributed by atoms with Gasteiger partial charge in [0, 0.05) is 0 Å². The first-order valence-electron chi connectivity index (χ1n) is 5.02. The predicted molar refractivity (Wildman–Crippen MR) is 52.6 cm³/mol. The lowest BCUT2D eigenvalue weighted by Crippen LogP contribution is -2.43. The SMILES string of the molecule is Nc1nc(F)n([C@@H]2O[C@H](CO)C(O)C2(F)F)c(=O)n1. The average molecular weight is 282 g/mol. The minimum Gasteiger partial charge on any atom is -0.394 e. The van der Waals surface area contributed by atoms with Crippen LogP contribution in [0.15, 0.2) is 4.79 Å². The van der Waals surface area contributed by atoms with Gasteiger partial charge in [0.2, 0.25) is 12.2 Å². The lowest BCUT2D eigenvalue weighted by molar-refractivity contribution is -0.144. The Labute approximate surface area is 103 Å². The van der Waals surface area contributed by atoms with Crippen molar-refractivity contribution < 1.29 is 28.1 Å². The van der Waals surface area contributed by atoms with Gasteiger partial charge in [-0.3, -0.25) is 0 Å². The highest BCUT2D eigenvalue weighted by atomic mass is 19.3. The number of aliphatic hydroxyl groups excluding tert-OH is 2. The molecule has 0 aromatic carbocycles. The number of nitrogens with two attached hydrogens (primary N) is 1. The molecule has 3 atom stereocenters. The molecule has 11 heteroatoms. The lowest BCUT2D eigenvalue weighted by Gasteiger charge is -2.20. The van der Waals surface area contributed by atoms with E-state index in [-0.39, 0.29) is 4.57 Å². The van der Waals surface area contributed by atoms with E-state index >= 15 is 0 Å². The van der Waals surface area contributed by atoms with Crippen LogP contribution in [0.25, 0.3) is 0 Å². The second-order valence-corrected chi connectivity index (χ2v) is 3.83. The van der Waals surface area contributed by atoms with Crippen molar-refractivity contribution in [1.29, 1.82) is 0 Å². The molecule has 0 amide bonds. The van der Waals surface area contributed by atoms with Crippen LogP contribution in [0.2, 0.25) is 0 Å². The maximum Gasteiger partial charge on any atom is 0.356 e. The summed E-state index contributed by atoms with van der Waals surface area (Å²) in [5.74, 6) is -4.73. The minimum atomic E-state index is -4.00. The highest BCUT2D eigenvalue weighted by molar-refractivity contribution is 5.11. The van der Waals surface area contributed by atoms with E-state index in [4.69, 9.17) is 10.8 Å². The number of nitrogen functional groups attached to an aromatic ring is 1. The molecule has 1 unspecified atom stereocenters. The molecule has 1 aliphatic heterocycles. The van der Waals surface area contributed by atoms with E-state index in [1.807, 2.05) is 0 Å². The first-order chi connectivity index (χ1) is 8.78. The number of halogens is 3. The first kappa shape index (κ1) is 13.7. The van der Waals surface area contributed by atoms with E-state index in [2.05, 4.69) is 14.7 Å². The van der Waals surface area contributed by atoms with Gasteiger partial charge in [-0.15, -0.1) is 0 Å². The van der Waals surface area contributed by atoms with Crippen molar-refractivity contribution in [2.24, 2.45) is 0 Å². The van der Waals surface area contributed by atoms with Crippen molar-refractivity contribution in [1.82, 2.24) is 14.5 Å². The molecule has 1 fully saturated rings. The zero-order valence-electron chi connectivity index (χ0n) is 9.20. The van der Waals surface area contributed by atoms with Gasteiger partial charge in [0.15, 0.2) is 6.10 Å². The van der Waals surface area contributed by atoms with Crippen LogP contribution in [0.4, 0.5) is 19.1 Å². The highest BCUT2D eigenvalue weighted by Crippen LogP contribution is 2.42. The van der Waals surface area contributed by atoms with Gasteiger partial charge in [-0.2, -0.15) is 23.1 Å². The molecule has 1 aromatic rings. The van der Waals surface area contributed by atoms with Gasteiger partial charge < -0.3 is 20.7 Å². The van der Waals surface area contributed by atoms with Crippen molar-refractivity contribution in [3.8, 4) is 0 Å².